The van der Waals surface area contributed by atoms with Gasteiger partial charge in [0.15, 0.2) is 0 Å². The van der Waals surface area contributed by atoms with E-state index in [0.29, 0.717) is 13.1 Å². The fourth-order valence-electron chi connectivity index (χ4n) is 1.20. The van der Waals surface area contributed by atoms with E-state index in [1.165, 1.54) is 0 Å². The molecule has 1 rings (SSSR count). The van der Waals surface area contributed by atoms with Crippen LogP contribution in [0, 0.1) is 0 Å². The lowest BCUT2D eigenvalue weighted by atomic mass is 10.1. The van der Waals surface area contributed by atoms with Gasteiger partial charge in [-0.3, -0.25) is 4.79 Å². The second-order valence-electron chi connectivity index (χ2n) is 2.68. The van der Waals surface area contributed by atoms with E-state index < -0.39 is 5.97 Å². The van der Waals surface area contributed by atoms with E-state index in [-0.39, 0.29) is 23.6 Å². The van der Waals surface area contributed by atoms with Crippen molar-refractivity contribution in [2.24, 2.45) is 0 Å². The molecule has 5 heteroatoms. The molecule has 0 spiro atoms. The van der Waals surface area contributed by atoms with Gasteiger partial charge in [0.25, 0.3) is 5.91 Å². The first-order valence-corrected chi connectivity index (χ1v) is 4.13. The highest BCUT2D eigenvalue weighted by Gasteiger charge is 2.17. The van der Waals surface area contributed by atoms with Crippen LogP contribution in [0.5, 0.6) is 0 Å². The fourth-order valence-corrected chi connectivity index (χ4v) is 1.20. The summed E-state index contributed by atoms with van der Waals surface area (Å²) in [5.41, 5.74) is 0.158. The topological polar surface area (TPSA) is 81.3 Å². The number of rotatable bonds is 2. The molecule has 0 aliphatic carbocycles. The molecule has 13 heavy (non-hydrogen) atoms. The Morgan fingerprint density at radius 3 is 2.54 bits per heavy atom. The predicted octanol–water partition coefficient (Wildman–Crippen LogP) is -1.88. The van der Waals surface area contributed by atoms with Crippen LogP contribution in [0.1, 0.15) is 13.3 Å². The van der Waals surface area contributed by atoms with Crippen molar-refractivity contribution in [2.45, 2.75) is 13.3 Å². The van der Waals surface area contributed by atoms with Crippen molar-refractivity contribution in [1.82, 2.24) is 10.6 Å². The largest absolute Gasteiger partial charge is 0.545 e. The molecule has 1 heterocycles. The number of amides is 1. The first kappa shape index (κ1) is 9.57. The van der Waals surface area contributed by atoms with Crippen molar-refractivity contribution in [2.75, 3.05) is 13.1 Å². The van der Waals surface area contributed by atoms with Gasteiger partial charge in [-0.25, -0.2) is 0 Å². The summed E-state index contributed by atoms with van der Waals surface area (Å²) in [6.07, 6.45) is 0.276. The molecule has 1 amide bonds. The molecule has 72 valence electrons. The maximum absolute atomic E-state index is 11.2. The number of carbonyl (C=O) groups is 2. The minimum atomic E-state index is -1.29. The molecule has 0 bridgehead atoms. The molecule has 0 radical (unpaired) electrons. The highest BCUT2D eigenvalue weighted by molar-refractivity contribution is 6.01. The Morgan fingerprint density at radius 2 is 2.08 bits per heavy atom. The summed E-state index contributed by atoms with van der Waals surface area (Å²) in [5, 5.41) is 15.9. The third kappa shape index (κ3) is 1.99. The molecule has 0 saturated carbocycles. The molecule has 1 saturated heterocycles. The highest BCUT2D eigenvalue weighted by Crippen LogP contribution is 2.07. The summed E-state index contributed by atoms with van der Waals surface area (Å²) in [7, 11) is 0. The van der Waals surface area contributed by atoms with Crippen LogP contribution < -0.4 is 15.7 Å². The lowest BCUT2D eigenvalue weighted by Gasteiger charge is -2.21. The van der Waals surface area contributed by atoms with Gasteiger partial charge in [0, 0.05) is 18.7 Å². The molecule has 0 aromatic rings. The summed E-state index contributed by atoms with van der Waals surface area (Å²) in [6, 6.07) is 0. The molecule has 0 unspecified atom stereocenters. The molecule has 1 fully saturated rings. The maximum atomic E-state index is 11.2. The molecule has 0 atom stereocenters. The SMILES string of the molecule is CCC(C(=O)[O-])=C1NCCNC1=O. The van der Waals surface area contributed by atoms with Gasteiger partial charge in [-0.1, -0.05) is 6.92 Å². The number of piperazine rings is 1. The smallest absolute Gasteiger partial charge is 0.267 e. The van der Waals surface area contributed by atoms with Crippen molar-refractivity contribution in [3.05, 3.63) is 11.3 Å². The number of carboxylic acids is 1. The van der Waals surface area contributed by atoms with E-state index in [1.54, 1.807) is 6.92 Å². The molecule has 1 aliphatic heterocycles. The lowest BCUT2D eigenvalue weighted by Crippen LogP contribution is -2.45. The number of aliphatic carboxylic acids is 1. The van der Waals surface area contributed by atoms with Crippen LogP contribution in [0.15, 0.2) is 11.3 Å². The quantitative estimate of drug-likeness (QED) is 0.491. The van der Waals surface area contributed by atoms with E-state index in [9.17, 15) is 14.7 Å². The third-order valence-corrected chi connectivity index (χ3v) is 1.84. The number of carbonyl (C=O) groups excluding carboxylic acids is 2. The summed E-state index contributed by atoms with van der Waals surface area (Å²) in [5.74, 6) is -1.66. The first-order chi connectivity index (χ1) is 6.16. The Kier molecular flexibility index (Phi) is 2.89. The van der Waals surface area contributed by atoms with Crippen LogP contribution >= 0.6 is 0 Å². The zero-order valence-corrected chi connectivity index (χ0v) is 7.35. The second kappa shape index (κ2) is 3.93. The molecule has 0 aromatic carbocycles. The van der Waals surface area contributed by atoms with Gasteiger partial charge in [-0.05, 0) is 6.42 Å². The maximum Gasteiger partial charge on any atom is 0.267 e. The Hall–Kier alpha value is -1.52. The van der Waals surface area contributed by atoms with E-state index in [2.05, 4.69) is 10.6 Å². The normalized spacial score (nSPS) is 20.2. The van der Waals surface area contributed by atoms with E-state index >= 15 is 0 Å². The zero-order valence-electron chi connectivity index (χ0n) is 7.35. The van der Waals surface area contributed by atoms with Crippen molar-refractivity contribution < 1.29 is 14.7 Å². The van der Waals surface area contributed by atoms with Gasteiger partial charge < -0.3 is 20.5 Å². The van der Waals surface area contributed by atoms with Gasteiger partial charge in [-0.2, -0.15) is 0 Å². The molecule has 1 aliphatic rings. The van der Waals surface area contributed by atoms with Crippen LogP contribution in [0.2, 0.25) is 0 Å². The van der Waals surface area contributed by atoms with Crippen LogP contribution in [-0.2, 0) is 9.59 Å². The number of nitrogens with one attached hydrogen (secondary N) is 2. The minimum Gasteiger partial charge on any atom is -0.545 e. The van der Waals surface area contributed by atoms with Crippen molar-refractivity contribution >= 4 is 11.9 Å². The third-order valence-electron chi connectivity index (χ3n) is 1.84. The van der Waals surface area contributed by atoms with Crippen molar-refractivity contribution in [3.8, 4) is 0 Å². The van der Waals surface area contributed by atoms with Gasteiger partial charge in [-0.15, -0.1) is 0 Å². The van der Waals surface area contributed by atoms with Gasteiger partial charge in [0.1, 0.15) is 5.70 Å². The molecular formula is C8H11N2O3-. The summed E-state index contributed by atoms with van der Waals surface area (Å²) < 4.78 is 0. The Morgan fingerprint density at radius 1 is 1.46 bits per heavy atom. The highest BCUT2D eigenvalue weighted by atomic mass is 16.4. The van der Waals surface area contributed by atoms with E-state index in [1.807, 2.05) is 0 Å². The first-order valence-electron chi connectivity index (χ1n) is 4.13. The number of carboxylic acid groups (broad SMARTS) is 1. The summed E-state index contributed by atoms with van der Waals surface area (Å²) >= 11 is 0. The van der Waals surface area contributed by atoms with Gasteiger partial charge in [0.2, 0.25) is 0 Å². The van der Waals surface area contributed by atoms with Crippen LogP contribution in [-0.4, -0.2) is 25.0 Å². The monoisotopic (exact) mass is 183 g/mol. The summed E-state index contributed by atoms with van der Waals surface area (Å²) in [4.78, 5) is 21.8. The zero-order chi connectivity index (χ0) is 9.84. The van der Waals surface area contributed by atoms with Gasteiger partial charge in [0.05, 0.1) is 5.97 Å². The molecule has 0 aromatic heterocycles. The average molecular weight is 183 g/mol. The average Bonchev–Trinajstić information content (AvgIpc) is 2.09. The minimum absolute atomic E-state index is 0.0252. The Balaban J connectivity index is 2.96. The molecule has 5 nitrogen and oxygen atoms in total. The molecule has 2 N–H and O–H groups in total. The Bertz CT molecular complexity index is 271. The van der Waals surface area contributed by atoms with Crippen LogP contribution in [0.3, 0.4) is 0 Å². The predicted molar refractivity (Wildman–Crippen MR) is 43.3 cm³/mol. The van der Waals surface area contributed by atoms with E-state index in [0.717, 1.165) is 0 Å². The van der Waals surface area contributed by atoms with Crippen LogP contribution in [0.4, 0.5) is 0 Å². The lowest BCUT2D eigenvalue weighted by molar-refractivity contribution is -0.299. The van der Waals surface area contributed by atoms with E-state index in [4.69, 9.17) is 0 Å². The van der Waals surface area contributed by atoms with Crippen molar-refractivity contribution in [1.29, 1.82) is 0 Å². The van der Waals surface area contributed by atoms with Crippen molar-refractivity contribution in [3.63, 3.8) is 0 Å². The fraction of sp³-hybridized carbons (Fsp3) is 0.500. The second-order valence-corrected chi connectivity index (χ2v) is 2.68. The summed E-state index contributed by atoms with van der Waals surface area (Å²) in [6.45, 7) is 2.74. The van der Waals surface area contributed by atoms with Crippen LogP contribution in [0.25, 0.3) is 0 Å². The molecular weight excluding hydrogens is 172 g/mol. The standard InChI is InChI=1S/C8H12N2O3/c1-2-5(8(12)13)6-7(11)10-4-3-9-6/h9H,2-4H2,1H3,(H,10,11)(H,12,13)/p-1. The Labute approximate surface area is 75.8 Å². The number of hydrogen-bond donors (Lipinski definition) is 2. The van der Waals surface area contributed by atoms with Gasteiger partial charge >= 0.3 is 0 Å². The number of hydrogen-bond acceptors (Lipinski definition) is 4.